The van der Waals surface area contributed by atoms with Crippen LogP contribution in [0, 0.1) is 5.92 Å². The van der Waals surface area contributed by atoms with Gasteiger partial charge in [0.15, 0.2) is 0 Å². The van der Waals surface area contributed by atoms with E-state index >= 15 is 0 Å². The van der Waals surface area contributed by atoms with Gasteiger partial charge in [0.1, 0.15) is 17.8 Å². The highest BCUT2D eigenvalue weighted by Gasteiger charge is 2.36. The van der Waals surface area contributed by atoms with Gasteiger partial charge in [0.25, 0.3) is 0 Å². The Morgan fingerprint density at radius 1 is 1.44 bits per heavy atom. The molecule has 2 atom stereocenters. The average molecular weight is 246 g/mol. The summed E-state index contributed by atoms with van der Waals surface area (Å²) < 4.78 is 0. The monoisotopic (exact) mass is 246 g/mol. The van der Waals surface area contributed by atoms with Gasteiger partial charge in [-0.2, -0.15) is 0 Å². The third kappa shape index (κ3) is 1.66. The summed E-state index contributed by atoms with van der Waals surface area (Å²) >= 11 is 0. The second-order valence-electron chi connectivity index (χ2n) is 5.22. The van der Waals surface area contributed by atoms with Crippen LogP contribution >= 0.6 is 0 Å². The molecule has 1 aliphatic heterocycles. The molecule has 0 aliphatic carbocycles. The summed E-state index contributed by atoms with van der Waals surface area (Å²) in [6, 6.07) is 2.13. The van der Waals surface area contributed by atoms with E-state index in [4.69, 9.17) is 0 Å². The van der Waals surface area contributed by atoms with Crippen LogP contribution in [0.15, 0.2) is 18.6 Å². The number of hydrogen-bond acceptors (Lipinski definition) is 4. The summed E-state index contributed by atoms with van der Waals surface area (Å²) in [5.74, 6) is 1.32. The first-order valence-corrected chi connectivity index (χ1v) is 6.41. The van der Waals surface area contributed by atoms with Crippen LogP contribution in [0.3, 0.4) is 0 Å². The zero-order valence-corrected chi connectivity index (χ0v) is 10.7. The number of anilines is 1. The number of hydrogen-bond donors (Lipinski definition) is 2. The van der Waals surface area contributed by atoms with E-state index in [1.54, 1.807) is 6.33 Å². The molecule has 0 aromatic carbocycles. The van der Waals surface area contributed by atoms with E-state index in [9.17, 15) is 5.11 Å². The topological polar surface area (TPSA) is 65.0 Å². The number of aliphatic hydroxyl groups is 1. The van der Waals surface area contributed by atoms with Gasteiger partial charge in [0.2, 0.25) is 0 Å². The minimum atomic E-state index is -0.269. The molecule has 3 heterocycles. The Morgan fingerprint density at radius 2 is 2.28 bits per heavy atom. The minimum absolute atomic E-state index is 0.137. The van der Waals surface area contributed by atoms with Crippen molar-refractivity contribution in [3.63, 3.8) is 0 Å². The van der Waals surface area contributed by atoms with Crippen LogP contribution in [0.25, 0.3) is 11.0 Å². The van der Waals surface area contributed by atoms with Gasteiger partial charge in [-0.25, -0.2) is 9.97 Å². The third-order valence-electron chi connectivity index (χ3n) is 3.71. The molecule has 1 aliphatic rings. The van der Waals surface area contributed by atoms with Gasteiger partial charge in [0.05, 0.1) is 17.5 Å². The number of aliphatic hydroxyl groups excluding tert-OH is 1. The van der Waals surface area contributed by atoms with Crippen molar-refractivity contribution in [2.45, 2.75) is 32.4 Å². The second-order valence-corrected chi connectivity index (χ2v) is 5.22. The van der Waals surface area contributed by atoms with E-state index in [0.717, 1.165) is 29.8 Å². The van der Waals surface area contributed by atoms with Crippen molar-refractivity contribution in [3.05, 3.63) is 18.6 Å². The van der Waals surface area contributed by atoms with Crippen molar-refractivity contribution in [3.8, 4) is 0 Å². The molecule has 0 saturated carbocycles. The molecular formula is C13H18N4O. The van der Waals surface area contributed by atoms with Crippen LogP contribution < -0.4 is 4.90 Å². The molecule has 5 heteroatoms. The molecule has 0 unspecified atom stereocenters. The highest BCUT2D eigenvalue weighted by Crippen LogP contribution is 2.32. The summed E-state index contributed by atoms with van der Waals surface area (Å²) in [4.78, 5) is 13.9. The summed E-state index contributed by atoms with van der Waals surface area (Å²) in [6.45, 7) is 5.13. The molecule has 1 fully saturated rings. The molecule has 2 aromatic rings. The smallest absolute Gasteiger partial charge is 0.142 e. The molecular weight excluding hydrogens is 228 g/mol. The molecule has 0 spiro atoms. The Labute approximate surface area is 106 Å². The number of rotatable bonds is 2. The number of nitrogens with one attached hydrogen (secondary N) is 1. The molecule has 96 valence electrons. The quantitative estimate of drug-likeness (QED) is 0.844. The highest BCUT2D eigenvalue weighted by molar-refractivity contribution is 5.87. The zero-order chi connectivity index (χ0) is 12.7. The molecule has 5 nitrogen and oxygen atoms in total. The SMILES string of the molecule is CC(C)[C@@H]1[C@H](O)CCN1c1ncnc2[nH]ccc12. The van der Waals surface area contributed by atoms with Crippen molar-refractivity contribution in [2.75, 3.05) is 11.4 Å². The van der Waals surface area contributed by atoms with Gasteiger partial charge in [-0.3, -0.25) is 0 Å². The van der Waals surface area contributed by atoms with E-state index in [2.05, 4.69) is 33.7 Å². The fourth-order valence-corrected chi connectivity index (χ4v) is 2.94. The van der Waals surface area contributed by atoms with E-state index in [1.165, 1.54) is 0 Å². The maximum Gasteiger partial charge on any atom is 0.142 e. The lowest BCUT2D eigenvalue weighted by molar-refractivity contribution is 0.145. The van der Waals surface area contributed by atoms with Crippen molar-refractivity contribution in [2.24, 2.45) is 5.92 Å². The minimum Gasteiger partial charge on any atom is -0.391 e. The number of aromatic nitrogens is 3. The molecule has 3 rings (SSSR count). The lowest BCUT2D eigenvalue weighted by Crippen LogP contribution is -2.40. The fourth-order valence-electron chi connectivity index (χ4n) is 2.94. The zero-order valence-electron chi connectivity index (χ0n) is 10.7. The van der Waals surface area contributed by atoms with E-state index in [-0.39, 0.29) is 12.1 Å². The lowest BCUT2D eigenvalue weighted by atomic mass is 9.99. The Hall–Kier alpha value is -1.62. The van der Waals surface area contributed by atoms with Crippen molar-refractivity contribution >= 4 is 16.9 Å². The van der Waals surface area contributed by atoms with Crippen LogP contribution in [0.5, 0.6) is 0 Å². The number of fused-ring (bicyclic) bond motifs is 1. The Morgan fingerprint density at radius 3 is 3.06 bits per heavy atom. The highest BCUT2D eigenvalue weighted by atomic mass is 16.3. The predicted octanol–water partition coefficient (Wildman–Crippen LogP) is 1.55. The van der Waals surface area contributed by atoms with Gasteiger partial charge in [0, 0.05) is 12.7 Å². The van der Waals surface area contributed by atoms with Gasteiger partial charge in [-0.1, -0.05) is 13.8 Å². The van der Waals surface area contributed by atoms with Crippen LogP contribution in [0.1, 0.15) is 20.3 Å². The van der Waals surface area contributed by atoms with E-state index in [0.29, 0.717) is 5.92 Å². The van der Waals surface area contributed by atoms with Gasteiger partial charge in [-0.05, 0) is 18.4 Å². The Kier molecular flexibility index (Phi) is 2.70. The standard InChI is InChI=1S/C13H18N4O/c1-8(2)11-10(18)4-6-17(11)13-9-3-5-14-12(9)15-7-16-13/h3,5,7-8,10-11,18H,4,6H2,1-2H3,(H,14,15,16)/t10-,11-/m1/s1. The molecule has 0 radical (unpaired) electrons. The summed E-state index contributed by atoms with van der Waals surface area (Å²) in [6.07, 6.45) is 3.99. The van der Waals surface area contributed by atoms with Gasteiger partial charge < -0.3 is 15.0 Å². The summed E-state index contributed by atoms with van der Waals surface area (Å²) in [5.41, 5.74) is 0.851. The number of H-pyrrole nitrogens is 1. The van der Waals surface area contributed by atoms with Gasteiger partial charge >= 0.3 is 0 Å². The maximum absolute atomic E-state index is 10.1. The van der Waals surface area contributed by atoms with Gasteiger partial charge in [-0.15, -0.1) is 0 Å². The van der Waals surface area contributed by atoms with Crippen LogP contribution in [0.2, 0.25) is 0 Å². The van der Waals surface area contributed by atoms with Crippen molar-refractivity contribution in [1.29, 1.82) is 0 Å². The first-order chi connectivity index (χ1) is 8.68. The molecule has 0 amide bonds. The number of aromatic amines is 1. The van der Waals surface area contributed by atoms with Crippen LogP contribution in [-0.4, -0.2) is 38.7 Å². The van der Waals surface area contributed by atoms with Crippen molar-refractivity contribution in [1.82, 2.24) is 15.0 Å². The largest absolute Gasteiger partial charge is 0.391 e. The maximum atomic E-state index is 10.1. The fraction of sp³-hybridized carbons (Fsp3) is 0.538. The van der Waals surface area contributed by atoms with E-state index in [1.807, 2.05) is 12.3 Å². The molecule has 18 heavy (non-hydrogen) atoms. The normalized spacial score (nSPS) is 24.3. The van der Waals surface area contributed by atoms with Crippen molar-refractivity contribution < 1.29 is 5.11 Å². The van der Waals surface area contributed by atoms with Crippen LogP contribution in [0.4, 0.5) is 5.82 Å². The predicted molar refractivity (Wildman–Crippen MR) is 70.5 cm³/mol. The Balaban J connectivity index is 2.06. The average Bonchev–Trinajstić information content (AvgIpc) is 2.94. The first kappa shape index (κ1) is 11.5. The summed E-state index contributed by atoms with van der Waals surface area (Å²) in [5, 5.41) is 11.1. The Bertz CT molecular complexity index is 551. The molecule has 2 N–H and O–H groups in total. The summed E-state index contributed by atoms with van der Waals surface area (Å²) in [7, 11) is 0. The van der Waals surface area contributed by atoms with E-state index < -0.39 is 0 Å². The van der Waals surface area contributed by atoms with Crippen LogP contribution in [-0.2, 0) is 0 Å². The third-order valence-corrected chi connectivity index (χ3v) is 3.71. The number of nitrogens with zero attached hydrogens (tertiary/aromatic N) is 3. The second kappa shape index (κ2) is 4.24. The molecule has 1 saturated heterocycles. The molecule has 0 bridgehead atoms. The molecule has 2 aromatic heterocycles. The lowest BCUT2D eigenvalue weighted by Gasteiger charge is -2.30. The first-order valence-electron chi connectivity index (χ1n) is 6.41.